The van der Waals surface area contributed by atoms with E-state index in [9.17, 15) is 27.9 Å². The molecule has 0 saturated heterocycles. The molecule has 0 saturated carbocycles. The zero-order valence-electron chi connectivity index (χ0n) is 16.3. The molecular formula is C21H18F3N3O4. The topological polar surface area (TPSA) is 93.5 Å². The Bertz CT molecular complexity index is 1110. The van der Waals surface area contributed by atoms with Crippen molar-refractivity contribution in [1.82, 2.24) is 9.78 Å². The van der Waals surface area contributed by atoms with Gasteiger partial charge in [-0.1, -0.05) is 24.3 Å². The molecule has 0 fully saturated rings. The van der Waals surface area contributed by atoms with Crippen LogP contribution in [0.2, 0.25) is 0 Å². The summed E-state index contributed by atoms with van der Waals surface area (Å²) in [5.41, 5.74) is -1.36. The molecule has 0 aliphatic rings. The summed E-state index contributed by atoms with van der Waals surface area (Å²) in [5.74, 6) is -1.64. The first-order valence-corrected chi connectivity index (χ1v) is 9.20. The van der Waals surface area contributed by atoms with E-state index in [1.54, 1.807) is 18.2 Å². The minimum Gasteiger partial charge on any atom is -0.508 e. The third-order valence-electron chi connectivity index (χ3n) is 4.25. The van der Waals surface area contributed by atoms with Gasteiger partial charge in [-0.2, -0.15) is 18.3 Å². The summed E-state index contributed by atoms with van der Waals surface area (Å²) in [5, 5.41) is 16.1. The molecule has 3 rings (SSSR count). The number of carbonyl (C=O) groups excluding carboxylic acids is 2. The first kappa shape index (κ1) is 21.9. The normalized spacial score (nSPS) is 11.2. The number of amides is 1. The molecule has 0 spiro atoms. The van der Waals surface area contributed by atoms with Crippen LogP contribution in [0, 0.1) is 0 Å². The van der Waals surface area contributed by atoms with Crippen LogP contribution in [0.15, 0.2) is 54.7 Å². The maximum absolute atomic E-state index is 13.7. The van der Waals surface area contributed by atoms with Gasteiger partial charge >= 0.3 is 12.1 Å². The Hall–Kier alpha value is -3.82. The molecule has 1 amide bonds. The van der Waals surface area contributed by atoms with Crippen LogP contribution in [0.4, 0.5) is 18.9 Å². The van der Waals surface area contributed by atoms with Crippen molar-refractivity contribution in [2.75, 3.05) is 11.9 Å². The van der Waals surface area contributed by atoms with Gasteiger partial charge in [-0.3, -0.25) is 4.79 Å². The Balaban J connectivity index is 1.89. The van der Waals surface area contributed by atoms with Gasteiger partial charge < -0.3 is 15.2 Å². The monoisotopic (exact) mass is 433 g/mol. The van der Waals surface area contributed by atoms with E-state index >= 15 is 0 Å². The number of carbonyl (C=O) groups is 2. The van der Waals surface area contributed by atoms with Crippen LogP contribution in [0.25, 0.3) is 5.69 Å². The fourth-order valence-electron chi connectivity index (χ4n) is 2.93. The Labute approximate surface area is 175 Å². The van der Waals surface area contributed by atoms with Crippen LogP contribution in [0.5, 0.6) is 5.75 Å². The number of rotatable bonds is 6. The number of aromatic hydroxyl groups is 1. The number of phenolic OH excluding ortho intramolecular Hbond substituents is 1. The van der Waals surface area contributed by atoms with Gasteiger partial charge in [0.05, 0.1) is 24.9 Å². The standard InChI is InChI=1S/C21H18F3N3O4/c1-2-31-20(30)16-12-25-27(19(16)21(22,23)24)15-8-5-7-14(11-15)26-18(29)10-13-6-3-4-9-17(13)28/h3-9,11-12,28H,2,10H2,1H3,(H,26,29). The lowest BCUT2D eigenvalue weighted by Gasteiger charge is -2.13. The molecule has 2 aromatic carbocycles. The summed E-state index contributed by atoms with van der Waals surface area (Å²) in [6, 6.07) is 11.9. The number of halogens is 3. The molecule has 3 aromatic rings. The predicted octanol–water partition coefficient (Wildman–Crippen LogP) is 3.95. The van der Waals surface area contributed by atoms with Crippen molar-refractivity contribution >= 4 is 17.6 Å². The molecule has 0 aliphatic carbocycles. The van der Waals surface area contributed by atoms with E-state index in [0.717, 1.165) is 6.20 Å². The molecule has 31 heavy (non-hydrogen) atoms. The lowest BCUT2D eigenvalue weighted by molar-refractivity contribution is -0.143. The molecular weight excluding hydrogens is 415 g/mol. The second-order valence-electron chi connectivity index (χ2n) is 6.44. The maximum Gasteiger partial charge on any atom is 0.434 e. The molecule has 10 heteroatoms. The highest BCUT2D eigenvalue weighted by Gasteiger charge is 2.41. The van der Waals surface area contributed by atoms with E-state index < -0.39 is 29.3 Å². The molecule has 7 nitrogen and oxygen atoms in total. The number of para-hydroxylation sites is 1. The predicted molar refractivity (Wildman–Crippen MR) is 105 cm³/mol. The lowest BCUT2D eigenvalue weighted by Crippen LogP contribution is -2.19. The van der Waals surface area contributed by atoms with Crippen LogP contribution in [0.1, 0.15) is 28.5 Å². The Morgan fingerprint density at radius 3 is 2.58 bits per heavy atom. The molecule has 0 aliphatic heterocycles. The van der Waals surface area contributed by atoms with Crippen molar-refractivity contribution in [1.29, 1.82) is 0 Å². The maximum atomic E-state index is 13.7. The third-order valence-corrected chi connectivity index (χ3v) is 4.25. The number of nitrogens with one attached hydrogen (secondary N) is 1. The summed E-state index contributed by atoms with van der Waals surface area (Å²) >= 11 is 0. The summed E-state index contributed by atoms with van der Waals surface area (Å²) in [4.78, 5) is 24.2. The van der Waals surface area contributed by atoms with Crippen LogP contribution in [-0.2, 0) is 22.1 Å². The minimum atomic E-state index is -4.87. The Morgan fingerprint density at radius 2 is 1.90 bits per heavy atom. The smallest absolute Gasteiger partial charge is 0.434 e. The fourth-order valence-corrected chi connectivity index (χ4v) is 2.93. The fraction of sp³-hybridized carbons (Fsp3) is 0.190. The van der Waals surface area contributed by atoms with Gasteiger partial charge in [0.25, 0.3) is 0 Å². The second kappa shape index (κ2) is 8.90. The highest BCUT2D eigenvalue weighted by Crippen LogP contribution is 2.34. The van der Waals surface area contributed by atoms with Gasteiger partial charge in [-0.05, 0) is 31.2 Å². The Morgan fingerprint density at radius 1 is 1.16 bits per heavy atom. The van der Waals surface area contributed by atoms with Crippen LogP contribution in [0.3, 0.4) is 0 Å². The lowest BCUT2D eigenvalue weighted by atomic mass is 10.1. The summed E-state index contributed by atoms with van der Waals surface area (Å²) in [6.07, 6.45) is -4.20. The molecule has 0 unspecified atom stereocenters. The highest BCUT2D eigenvalue weighted by molar-refractivity contribution is 5.93. The van der Waals surface area contributed by atoms with Crippen molar-refractivity contribution < 1.29 is 32.6 Å². The summed E-state index contributed by atoms with van der Waals surface area (Å²) in [7, 11) is 0. The number of phenols is 1. The van der Waals surface area contributed by atoms with Crippen molar-refractivity contribution in [3.05, 3.63) is 71.5 Å². The van der Waals surface area contributed by atoms with Crippen LogP contribution in [-0.4, -0.2) is 33.4 Å². The van der Waals surface area contributed by atoms with Crippen LogP contribution < -0.4 is 5.32 Å². The largest absolute Gasteiger partial charge is 0.508 e. The SMILES string of the molecule is CCOC(=O)c1cnn(-c2cccc(NC(=O)Cc3ccccc3O)c2)c1C(F)(F)F. The third kappa shape index (κ3) is 5.03. The van der Waals surface area contributed by atoms with Crippen molar-refractivity contribution in [3.63, 3.8) is 0 Å². The quantitative estimate of drug-likeness (QED) is 0.574. The molecule has 0 atom stereocenters. The number of esters is 1. The zero-order valence-corrected chi connectivity index (χ0v) is 16.3. The average molecular weight is 433 g/mol. The van der Waals surface area contributed by atoms with E-state index in [-0.39, 0.29) is 30.2 Å². The molecule has 1 aromatic heterocycles. The minimum absolute atomic E-state index is 0.0109. The summed E-state index contributed by atoms with van der Waals surface area (Å²) in [6.45, 7) is 1.40. The Kier molecular flexibility index (Phi) is 6.28. The average Bonchev–Trinajstić information content (AvgIpc) is 3.16. The van der Waals surface area contributed by atoms with Gasteiger partial charge in [0.15, 0.2) is 5.69 Å². The van der Waals surface area contributed by atoms with Gasteiger partial charge in [-0.15, -0.1) is 0 Å². The van der Waals surface area contributed by atoms with Gasteiger partial charge in [0.2, 0.25) is 5.91 Å². The number of hydrogen-bond acceptors (Lipinski definition) is 5. The van der Waals surface area contributed by atoms with Crippen molar-refractivity contribution in [2.24, 2.45) is 0 Å². The van der Waals surface area contributed by atoms with Crippen molar-refractivity contribution in [2.45, 2.75) is 19.5 Å². The molecule has 2 N–H and O–H groups in total. The van der Waals surface area contributed by atoms with E-state index in [4.69, 9.17) is 0 Å². The van der Waals surface area contributed by atoms with E-state index in [0.29, 0.717) is 10.2 Å². The molecule has 0 radical (unpaired) electrons. The van der Waals surface area contributed by atoms with Gasteiger partial charge in [0, 0.05) is 11.3 Å². The number of benzene rings is 2. The van der Waals surface area contributed by atoms with E-state index in [2.05, 4.69) is 15.2 Å². The zero-order chi connectivity index (χ0) is 22.6. The number of ether oxygens (including phenoxy) is 1. The first-order valence-electron chi connectivity index (χ1n) is 9.20. The highest BCUT2D eigenvalue weighted by atomic mass is 19.4. The molecule has 1 heterocycles. The molecule has 0 bridgehead atoms. The van der Waals surface area contributed by atoms with Gasteiger partial charge in [-0.25, -0.2) is 9.48 Å². The number of alkyl halides is 3. The van der Waals surface area contributed by atoms with E-state index in [1.165, 1.54) is 37.3 Å². The number of anilines is 1. The summed E-state index contributed by atoms with van der Waals surface area (Å²) < 4.78 is 46.2. The number of aromatic nitrogens is 2. The second-order valence-corrected chi connectivity index (χ2v) is 6.44. The van der Waals surface area contributed by atoms with E-state index in [1.807, 2.05) is 0 Å². The van der Waals surface area contributed by atoms with Crippen LogP contribution >= 0.6 is 0 Å². The number of hydrogen-bond donors (Lipinski definition) is 2. The molecule has 162 valence electrons. The van der Waals surface area contributed by atoms with Gasteiger partial charge in [0.1, 0.15) is 11.3 Å². The first-order chi connectivity index (χ1) is 14.7. The number of nitrogens with zero attached hydrogens (tertiary/aromatic N) is 2. The van der Waals surface area contributed by atoms with Crippen molar-refractivity contribution in [3.8, 4) is 11.4 Å².